The second-order valence-corrected chi connectivity index (χ2v) is 6.10. The molecule has 0 bridgehead atoms. The summed E-state index contributed by atoms with van der Waals surface area (Å²) in [6, 6.07) is 7.78. The highest BCUT2D eigenvalue weighted by atomic mass is 19.4. The number of nitrogens with one attached hydrogen (secondary N) is 1. The smallest absolute Gasteiger partial charge is 0.416 e. The maximum Gasteiger partial charge on any atom is 0.416 e. The lowest BCUT2D eigenvalue weighted by molar-refractivity contribution is -0.137. The average molecular weight is 383 g/mol. The summed E-state index contributed by atoms with van der Waals surface area (Å²) >= 11 is 0. The van der Waals surface area contributed by atoms with Crippen molar-refractivity contribution in [1.82, 2.24) is 5.32 Å². The molecule has 1 N–H and O–H groups in total. The second-order valence-electron chi connectivity index (χ2n) is 6.10. The molecule has 4 nitrogen and oxygen atoms in total. The molecule has 0 saturated carbocycles. The van der Waals surface area contributed by atoms with Crippen molar-refractivity contribution < 1.29 is 31.8 Å². The molecule has 0 saturated heterocycles. The number of hydrogen-bond donors (Lipinski definition) is 1. The molecule has 2 aromatic rings. The van der Waals surface area contributed by atoms with Crippen LogP contribution in [-0.2, 0) is 11.0 Å². The first-order valence-electron chi connectivity index (χ1n) is 8.34. The third kappa shape index (κ3) is 4.90. The lowest BCUT2D eigenvalue weighted by Gasteiger charge is -2.18. The van der Waals surface area contributed by atoms with Gasteiger partial charge in [0, 0.05) is 5.56 Å². The van der Waals surface area contributed by atoms with E-state index in [0.717, 1.165) is 24.3 Å². The van der Waals surface area contributed by atoms with Gasteiger partial charge in [0.15, 0.2) is 6.61 Å². The van der Waals surface area contributed by atoms with Crippen LogP contribution in [0.5, 0.6) is 11.5 Å². The van der Waals surface area contributed by atoms with Crippen molar-refractivity contribution in [3.8, 4) is 11.5 Å². The van der Waals surface area contributed by atoms with Crippen LogP contribution in [0.1, 0.15) is 30.0 Å². The van der Waals surface area contributed by atoms with E-state index in [0.29, 0.717) is 30.8 Å². The molecular formula is C19H17F4NO3. The Balaban J connectivity index is 1.60. The van der Waals surface area contributed by atoms with Gasteiger partial charge < -0.3 is 14.8 Å². The summed E-state index contributed by atoms with van der Waals surface area (Å²) in [5, 5.41) is 2.76. The Hall–Kier alpha value is -2.77. The van der Waals surface area contributed by atoms with E-state index in [2.05, 4.69) is 5.32 Å². The second kappa shape index (κ2) is 7.85. The summed E-state index contributed by atoms with van der Waals surface area (Å²) in [5.41, 5.74) is -0.244. The fourth-order valence-electron chi connectivity index (χ4n) is 2.82. The Morgan fingerprint density at radius 3 is 2.63 bits per heavy atom. The molecule has 0 aliphatic carbocycles. The standard InChI is InChI=1S/C19H17F4NO3/c20-13-5-8-17-15(10-13)16(2-1-9-26-17)24-18(25)11-27-14-6-3-12(4-7-14)19(21,22)23/h3-8,10,16H,1-2,9,11H2,(H,24,25)/t16-/m1/s1. The molecule has 0 spiro atoms. The van der Waals surface area contributed by atoms with Crippen molar-refractivity contribution in [2.75, 3.05) is 13.2 Å². The highest BCUT2D eigenvalue weighted by molar-refractivity contribution is 5.78. The predicted octanol–water partition coefficient (Wildman–Crippen LogP) is 4.25. The molecule has 1 aliphatic rings. The van der Waals surface area contributed by atoms with Gasteiger partial charge in [-0.15, -0.1) is 0 Å². The minimum Gasteiger partial charge on any atom is -0.493 e. The van der Waals surface area contributed by atoms with Gasteiger partial charge in [0.25, 0.3) is 5.91 Å². The van der Waals surface area contributed by atoms with E-state index in [1.54, 1.807) is 0 Å². The summed E-state index contributed by atoms with van der Waals surface area (Å²) in [7, 11) is 0. The third-order valence-electron chi connectivity index (χ3n) is 4.13. The van der Waals surface area contributed by atoms with Crippen LogP contribution in [0, 0.1) is 5.82 Å². The molecule has 27 heavy (non-hydrogen) atoms. The SMILES string of the molecule is O=C(COc1ccc(C(F)(F)F)cc1)N[C@@H]1CCCOc2ccc(F)cc21. The summed E-state index contributed by atoms with van der Waals surface area (Å²) in [5.74, 6) is -0.229. The van der Waals surface area contributed by atoms with Gasteiger partial charge in [0.2, 0.25) is 0 Å². The first-order valence-corrected chi connectivity index (χ1v) is 8.34. The molecule has 144 valence electrons. The number of halogens is 4. The number of ether oxygens (including phenoxy) is 2. The van der Waals surface area contributed by atoms with Crippen LogP contribution in [0.15, 0.2) is 42.5 Å². The van der Waals surface area contributed by atoms with Crippen molar-refractivity contribution in [1.29, 1.82) is 0 Å². The summed E-state index contributed by atoms with van der Waals surface area (Å²) in [6.07, 6.45) is -3.18. The quantitative estimate of drug-likeness (QED) is 0.803. The predicted molar refractivity (Wildman–Crippen MR) is 89.0 cm³/mol. The van der Waals surface area contributed by atoms with E-state index in [-0.39, 0.29) is 12.4 Å². The van der Waals surface area contributed by atoms with Crippen LogP contribution < -0.4 is 14.8 Å². The maximum absolute atomic E-state index is 13.6. The van der Waals surface area contributed by atoms with Gasteiger partial charge >= 0.3 is 6.18 Å². The topological polar surface area (TPSA) is 47.6 Å². The van der Waals surface area contributed by atoms with Crippen LogP contribution in [0.3, 0.4) is 0 Å². The normalized spacial score (nSPS) is 16.7. The summed E-state index contributed by atoms with van der Waals surface area (Å²) in [6.45, 7) is 0.0976. The lowest BCUT2D eigenvalue weighted by Crippen LogP contribution is -2.32. The van der Waals surface area contributed by atoms with Gasteiger partial charge in [0.1, 0.15) is 17.3 Å². The molecule has 1 atom stereocenters. The Bertz CT molecular complexity index is 806. The van der Waals surface area contributed by atoms with Gasteiger partial charge in [-0.1, -0.05) is 0 Å². The van der Waals surface area contributed by atoms with Crippen LogP contribution in [-0.4, -0.2) is 19.1 Å². The lowest BCUT2D eigenvalue weighted by atomic mass is 10.0. The zero-order chi connectivity index (χ0) is 19.4. The molecule has 1 amide bonds. The molecule has 1 heterocycles. The van der Waals surface area contributed by atoms with Crippen LogP contribution in [0.25, 0.3) is 0 Å². The Morgan fingerprint density at radius 1 is 1.19 bits per heavy atom. The maximum atomic E-state index is 13.6. The molecule has 3 rings (SSSR count). The number of carbonyl (C=O) groups excluding carboxylic acids is 1. The zero-order valence-corrected chi connectivity index (χ0v) is 14.2. The number of hydrogen-bond acceptors (Lipinski definition) is 3. The molecular weight excluding hydrogens is 366 g/mol. The van der Waals surface area contributed by atoms with E-state index in [1.807, 2.05) is 0 Å². The number of benzene rings is 2. The average Bonchev–Trinajstić information content (AvgIpc) is 2.82. The van der Waals surface area contributed by atoms with E-state index in [1.165, 1.54) is 18.2 Å². The first-order chi connectivity index (χ1) is 12.8. The minimum absolute atomic E-state index is 0.147. The highest BCUT2D eigenvalue weighted by Gasteiger charge is 2.30. The van der Waals surface area contributed by atoms with Gasteiger partial charge in [-0.25, -0.2) is 4.39 Å². The number of fused-ring (bicyclic) bond motifs is 1. The molecule has 0 fully saturated rings. The van der Waals surface area contributed by atoms with Crippen molar-refractivity contribution in [2.45, 2.75) is 25.1 Å². The first kappa shape index (κ1) is 19.0. The van der Waals surface area contributed by atoms with E-state index >= 15 is 0 Å². The Labute approximate surface area is 153 Å². The van der Waals surface area contributed by atoms with Crippen LogP contribution in [0.2, 0.25) is 0 Å². The van der Waals surface area contributed by atoms with Crippen molar-refractivity contribution in [3.63, 3.8) is 0 Å². The third-order valence-corrected chi connectivity index (χ3v) is 4.13. The monoisotopic (exact) mass is 383 g/mol. The van der Waals surface area contributed by atoms with Gasteiger partial charge in [0.05, 0.1) is 18.2 Å². The molecule has 0 aromatic heterocycles. The van der Waals surface area contributed by atoms with Crippen molar-refractivity contribution in [2.24, 2.45) is 0 Å². The van der Waals surface area contributed by atoms with E-state index in [4.69, 9.17) is 9.47 Å². The minimum atomic E-state index is -4.43. The molecule has 1 aliphatic heterocycles. The molecule has 8 heteroatoms. The summed E-state index contributed by atoms with van der Waals surface area (Å²) in [4.78, 5) is 12.2. The van der Waals surface area contributed by atoms with Gasteiger partial charge in [-0.05, 0) is 55.3 Å². The van der Waals surface area contributed by atoms with Crippen LogP contribution in [0.4, 0.5) is 17.6 Å². The number of carbonyl (C=O) groups is 1. The number of alkyl halides is 3. The highest BCUT2D eigenvalue weighted by Crippen LogP contribution is 2.32. The fraction of sp³-hybridized carbons (Fsp3) is 0.316. The largest absolute Gasteiger partial charge is 0.493 e. The zero-order valence-electron chi connectivity index (χ0n) is 14.2. The van der Waals surface area contributed by atoms with Gasteiger partial charge in [-0.3, -0.25) is 4.79 Å². The molecule has 0 unspecified atom stereocenters. The molecule has 2 aromatic carbocycles. The van der Waals surface area contributed by atoms with Crippen LogP contribution >= 0.6 is 0 Å². The van der Waals surface area contributed by atoms with E-state index in [9.17, 15) is 22.4 Å². The summed E-state index contributed by atoms with van der Waals surface area (Å²) < 4.78 is 61.9. The van der Waals surface area contributed by atoms with E-state index < -0.39 is 29.5 Å². The number of rotatable bonds is 4. The number of amides is 1. The van der Waals surface area contributed by atoms with Gasteiger partial charge in [-0.2, -0.15) is 13.2 Å². The fourth-order valence-corrected chi connectivity index (χ4v) is 2.82. The Morgan fingerprint density at radius 2 is 1.93 bits per heavy atom. The van der Waals surface area contributed by atoms with Crippen molar-refractivity contribution >= 4 is 5.91 Å². The van der Waals surface area contributed by atoms with Crippen molar-refractivity contribution in [3.05, 3.63) is 59.4 Å². The Kier molecular flexibility index (Phi) is 5.53. The molecule has 0 radical (unpaired) electrons.